The molecule has 0 bridgehead atoms. The smallest absolute Gasteiger partial charge is 0.343 e. The number of carbonyl (C=O) groups is 2. The average molecular weight is 604 g/mol. The van der Waals surface area contributed by atoms with E-state index in [1.807, 2.05) is 37.3 Å². The van der Waals surface area contributed by atoms with Gasteiger partial charge >= 0.3 is 11.9 Å². The van der Waals surface area contributed by atoms with E-state index in [2.05, 4.69) is 6.92 Å². The van der Waals surface area contributed by atoms with Gasteiger partial charge in [0.1, 0.15) is 23.4 Å². The van der Waals surface area contributed by atoms with Gasteiger partial charge in [0, 0.05) is 12.5 Å². The van der Waals surface area contributed by atoms with E-state index < -0.39 is 11.9 Å². The zero-order valence-electron chi connectivity index (χ0n) is 25.2. The van der Waals surface area contributed by atoms with Crippen molar-refractivity contribution < 1.29 is 33.3 Å². The van der Waals surface area contributed by atoms with Crippen molar-refractivity contribution >= 4 is 11.9 Å². The number of esters is 2. The Hall–Kier alpha value is -4.97. The summed E-state index contributed by atoms with van der Waals surface area (Å²) in [6, 6.07) is 24.9. The Morgan fingerprint density at radius 3 is 2.02 bits per heavy atom. The molecule has 1 heterocycles. The molecule has 2 unspecified atom stereocenters. The fourth-order valence-corrected chi connectivity index (χ4v) is 5.40. The second-order valence-corrected chi connectivity index (χ2v) is 11.3. The third kappa shape index (κ3) is 7.07. The molecule has 8 heteroatoms. The molecular formula is C37H33NO7. The molecular weight excluding hydrogens is 570 g/mol. The summed E-state index contributed by atoms with van der Waals surface area (Å²) in [6.45, 7) is 6.72. The minimum atomic E-state index is -0.493. The van der Waals surface area contributed by atoms with Gasteiger partial charge in [-0.15, -0.1) is 0 Å². The van der Waals surface area contributed by atoms with Crippen molar-refractivity contribution in [1.29, 1.82) is 5.26 Å². The minimum absolute atomic E-state index is 0.000306. The summed E-state index contributed by atoms with van der Waals surface area (Å²) in [4.78, 5) is 25.7. The van der Waals surface area contributed by atoms with Crippen molar-refractivity contribution in [3.63, 3.8) is 0 Å². The maximum atomic E-state index is 13.0. The predicted molar refractivity (Wildman–Crippen MR) is 167 cm³/mol. The minimum Gasteiger partial charge on any atom is -0.493 e. The first-order valence-corrected chi connectivity index (χ1v) is 15.0. The van der Waals surface area contributed by atoms with Gasteiger partial charge in [-0.05, 0) is 114 Å². The van der Waals surface area contributed by atoms with Gasteiger partial charge in [0.2, 0.25) is 0 Å². The Kier molecular flexibility index (Phi) is 8.92. The fraction of sp³-hybridized carbons (Fsp3) is 0.270. The van der Waals surface area contributed by atoms with Crippen molar-refractivity contribution in [2.24, 2.45) is 0 Å². The van der Waals surface area contributed by atoms with Crippen LogP contribution in [0.2, 0.25) is 0 Å². The number of hydrogen-bond acceptors (Lipinski definition) is 8. The summed E-state index contributed by atoms with van der Waals surface area (Å²) < 4.78 is 28.0. The molecule has 2 aliphatic rings. The summed E-state index contributed by atoms with van der Waals surface area (Å²) in [7, 11) is 0. The number of aryl methyl sites for hydroxylation is 1. The first-order chi connectivity index (χ1) is 21.9. The maximum Gasteiger partial charge on any atom is 0.343 e. The van der Waals surface area contributed by atoms with Crippen molar-refractivity contribution in [2.45, 2.75) is 38.7 Å². The molecule has 0 radical (unpaired) electrons. The molecule has 4 aromatic carbocycles. The molecule has 1 fully saturated rings. The second-order valence-electron chi connectivity index (χ2n) is 11.3. The average Bonchev–Trinajstić information content (AvgIpc) is 3.85. The quantitative estimate of drug-likeness (QED) is 0.0737. The normalized spacial score (nSPS) is 15.8. The Morgan fingerprint density at radius 1 is 0.822 bits per heavy atom. The largest absolute Gasteiger partial charge is 0.493 e. The van der Waals surface area contributed by atoms with Crippen molar-refractivity contribution in [3.05, 3.63) is 112 Å². The SMILES string of the molecule is Cc1cc(C(=O)Oc2ccc3c(c2)C(C)c2cc(OC(=O)c4ccc(C#N)cc4)ccc2-3)ccc1OCCCCOCC1CO1. The number of benzene rings is 4. The lowest BCUT2D eigenvalue weighted by atomic mass is 9.99. The van der Waals surface area contributed by atoms with E-state index in [0.717, 1.165) is 53.0 Å². The van der Waals surface area contributed by atoms with Gasteiger partial charge in [0.15, 0.2) is 0 Å². The molecule has 0 aromatic heterocycles. The molecule has 4 aromatic rings. The second kappa shape index (κ2) is 13.3. The van der Waals surface area contributed by atoms with Gasteiger partial charge in [-0.2, -0.15) is 5.26 Å². The van der Waals surface area contributed by atoms with Gasteiger partial charge in [0.25, 0.3) is 0 Å². The number of ether oxygens (including phenoxy) is 5. The van der Waals surface area contributed by atoms with Crippen LogP contribution < -0.4 is 14.2 Å². The molecule has 0 saturated carbocycles. The van der Waals surface area contributed by atoms with Gasteiger partial charge in [-0.25, -0.2) is 9.59 Å². The number of nitrogens with zero attached hydrogens (tertiary/aromatic N) is 1. The Morgan fingerprint density at radius 2 is 1.42 bits per heavy atom. The molecule has 0 N–H and O–H groups in total. The number of nitriles is 1. The molecule has 8 nitrogen and oxygen atoms in total. The maximum absolute atomic E-state index is 13.0. The lowest BCUT2D eigenvalue weighted by molar-refractivity contribution is 0.0725. The van der Waals surface area contributed by atoms with Crippen LogP contribution in [-0.2, 0) is 9.47 Å². The van der Waals surface area contributed by atoms with Crippen LogP contribution in [0.4, 0.5) is 0 Å². The first-order valence-electron chi connectivity index (χ1n) is 15.0. The number of carbonyl (C=O) groups excluding carboxylic acids is 2. The van der Waals surface area contributed by atoms with E-state index in [-0.39, 0.29) is 12.0 Å². The van der Waals surface area contributed by atoms with Crippen LogP contribution in [0, 0.1) is 18.3 Å². The number of fused-ring (bicyclic) bond motifs is 3. The highest BCUT2D eigenvalue weighted by Gasteiger charge is 2.27. The summed E-state index contributed by atoms with van der Waals surface area (Å²) in [6.07, 6.45) is 2.07. The molecule has 1 saturated heterocycles. The number of hydrogen-bond donors (Lipinski definition) is 0. The van der Waals surface area contributed by atoms with E-state index in [0.29, 0.717) is 48.0 Å². The summed E-state index contributed by atoms with van der Waals surface area (Å²) in [5.41, 5.74) is 6.28. The zero-order chi connectivity index (χ0) is 31.3. The Bertz CT molecular complexity index is 1770. The zero-order valence-corrected chi connectivity index (χ0v) is 25.2. The Labute approximate surface area is 262 Å². The standard InChI is InChI=1S/C37H33NO7/c1-23-17-27(9-14-35(23)42-16-4-3-15-41-21-30-22-43-30)37(40)45-29-11-13-32-31-12-10-28(18-33(31)24(2)34(32)19-29)44-36(39)26-7-5-25(20-38)6-8-26/h5-14,17-19,24,30H,3-4,15-16,21-22H2,1-2H3. The third-order valence-electron chi connectivity index (χ3n) is 8.00. The van der Waals surface area contributed by atoms with E-state index in [4.69, 9.17) is 28.9 Å². The van der Waals surface area contributed by atoms with Gasteiger partial charge < -0.3 is 23.7 Å². The number of epoxide rings is 1. The summed E-state index contributed by atoms with van der Waals surface area (Å²) >= 11 is 0. The third-order valence-corrected chi connectivity index (χ3v) is 8.00. The number of unbranched alkanes of at least 4 members (excludes halogenated alkanes) is 1. The fourth-order valence-electron chi connectivity index (χ4n) is 5.40. The van der Waals surface area contributed by atoms with Crippen molar-refractivity contribution in [3.8, 4) is 34.4 Å². The van der Waals surface area contributed by atoms with Crippen molar-refractivity contribution in [2.75, 3.05) is 26.4 Å². The van der Waals surface area contributed by atoms with Crippen LogP contribution in [-0.4, -0.2) is 44.5 Å². The first kappa shape index (κ1) is 30.1. The molecule has 45 heavy (non-hydrogen) atoms. The lowest BCUT2D eigenvalue weighted by Gasteiger charge is -2.12. The molecule has 2 atom stereocenters. The lowest BCUT2D eigenvalue weighted by Crippen LogP contribution is -2.10. The molecule has 228 valence electrons. The highest BCUT2D eigenvalue weighted by atomic mass is 16.6. The van der Waals surface area contributed by atoms with Crippen LogP contribution in [0.3, 0.4) is 0 Å². The van der Waals surface area contributed by atoms with Crippen LogP contribution in [0.25, 0.3) is 11.1 Å². The highest BCUT2D eigenvalue weighted by Crippen LogP contribution is 2.47. The van der Waals surface area contributed by atoms with E-state index in [1.54, 1.807) is 54.6 Å². The molecule has 1 aliphatic carbocycles. The van der Waals surface area contributed by atoms with Crippen LogP contribution >= 0.6 is 0 Å². The van der Waals surface area contributed by atoms with Crippen molar-refractivity contribution in [1.82, 2.24) is 0 Å². The summed E-state index contributed by atoms with van der Waals surface area (Å²) in [5.74, 6) is 0.698. The highest BCUT2D eigenvalue weighted by molar-refractivity contribution is 5.92. The molecule has 6 rings (SSSR count). The topological polar surface area (TPSA) is 107 Å². The van der Waals surface area contributed by atoms with E-state index in [9.17, 15) is 9.59 Å². The number of rotatable bonds is 12. The van der Waals surface area contributed by atoms with Gasteiger partial charge in [-0.1, -0.05) is 19.1 Å². The van der Waals surface area contributed by atoms with E-state index >= 15 is 0 Å². The van der Waals surface area contributed by atoms with Crippen LogP contribution in [0.5, 0.6) is 17.2 Å². The summed E-state index contributed by atoms with van der Waals surface area (Å²) in [5, 5.41) is 8.98. The van der Waals surface area contributed by atoms with Crippen LogP contribution in [0.15, 0.2) is 78.9 Å². The van der Waals surface area contributed by atoms with Crippen LogP contribution in [0.1, 0.15) is 68.7 Å². The van der Waals surface area contributed by atoms with E-state index in [1.165, 1.54) is 0 Å². The molecule has 1 aliphatic heterocycles. The molecule has 0 amide bonds. The predicted octanol–water partition coefficient (Wildman–Crippen LogP) is 7.01. The Balaban J connectivity index is 1.05. The molecule has 0 spiro atoms. The van der Waals surface area contributed by atoms with Gasteiger partial charge in [0.05, 0.1) is 42.6 Å². The van der Waals surface area contributed by atoms with Gasteiger partial charge in [-0.3, -0.25) is 0 Å². The monoisotopic (exact) mass is 603 g/mol.